The molecule has 0 bridgehead atoms. The predicted molar refractivity (Wildman–Crippen MR) is 122 cm³/mol. The minimum atomic E-state index is -4.22. The Kier molecular flexibility index (Phi) is 6.29. The smallest absolute Gasteiger partial charge is 0.387 e. The van der Waals surface area contributed by atoms with Crippen LogP contribution in [0.25, 0.3) is 28.1 Å². The highest BCUT2D eigenvalue weighted by Crippen LogP contribution is 2.41. The molecule has 3 heterocycles. The normalized spacial score (nSPS) is 11.9. The number of methoxy groups -OCH3 is 2. The Morgan fingerprint density at radius 2 is 1.77 bits per heavy atom. The van der Waals surface area contributed by atoms with Crippen LogP contribution in [0.15, 0.2) is 29.6 Å². The highest BCUT2D eigenvalue weighted by atomic mass is 35.5. The van der Waals surface area contributed by atoms with Crippen molar-refractivity contribution in [1.82, 2.24) is 24.1 Å². The quantitative estimate of drug-likeness (QED) is 0.386. The molecule has 15 heteroatoms. The van der Waals surface area contributed by atoms with Gasteiger partial charge in [0.2, 0.25) is 21.7 Å². The highest BCUT2D eigenvalue weighted by Gasteiger charge is 2.28. The minimum Gasteiger partial charge on any atom is -0.478 e. The highest BCUT2D eigenvalue weighted by molar-refractivity contribution is 7.89. The molecule has 4 rings (SSSR count). The number of sulfonamides is 1. The van der Waals surface area contributed by atoms with Crippen molar-refractivity contribution in [2.75, 3.05) is 14.2 Å². The molecule has 3 aromatic heterocycles. The van der Waals surface area contributed by atoms with E-state index in [-0.39, 0.29) is 38.5 Å². The van der Waals surface area contributed by atoms with E-state index in [4.69, 9.17) is 26.2 Å². The van der Waals surface area contributed by atoms with Crippen LogP contribution in [-0.2, 0) is 17.1 Å². The molecule has 0 saturated heterocycles. The minimum absolute atomic E-state index is 0.183. The summed E-state index contributed by atoms with van der Waals surface area (Å²) in [5, 5.41) is 5.95. The summed E-state index contributed by atoms with van der Waals surface area (Å²) in [4.78, 5) is 12.5. The number of fused-ring (bicyclic) bond motifs is 1. The van der Waals surface area contributed by atoms with E-state index >= 15 is 0 Å². The Hall–Kier alpha value is -3.49. The number of aromatic nitrogens is 5. The van der Waals surface area contributed by atoms with Gasteiger partial charge in [0.1, 0.15) is 4.90 Å². The average molecular weight is 529 g/mol. The van der Waals surface area contributed by atoms with Crippen LogP contribution in [0.4, 0.5) is 8.78 Å². The number of imidazole rings is 1. The van der Waals surface area contributed by atoms with Crippen molar-refractivity contribution >= 4 is 32.5 Å². The predicted octanol–water partition coefficient (Wildman–Crippen LogP) is 3.05. The summed E-state index contributed by atoms with van der Waals surface area (Å²) in [6.07, 6.45) is 2.77. The van der Waals surface area contributed by atoms with Gasteiger partial charge in [-0.05, 0) is 19.1 Å². The maximum Gasteiger partial charge on any atom is 0.387 e. The Morgan fingerprint density at radius 1 is 1.14 bits per heavy atom. The summed E-state index contributed by atoms with van der Waals surface area (Å²) >= 11 is 6.56. The van der Waals surface area contributed by atoms with Crippen LogP contribution in [0.5, 0.6) is 17.5 Å². The monoisotopic (exact) mass is 528 g/mol. The Bertz CT molecular complexity index is 1530. The number of hydrogen-bond acceptors (Lipinski definition) is 8. The van der Waals surface area contributed by atoms with Crippen molar-refractivity contribution in [3.05, 3.63) is 35.4 Å². The number of ether oxygens (including phenoxy) is 3. The van der Waals surface area contributed by atoms with Gasteiger partial charge in [0.25, 0.3) is 11.8 Å². The molecule has 1 aromatic carbocycles. The van der Waals surface area contributed by atoms with Crippen LogP contribution in [0.3, 0.4) is 0 Å². The first-order valence-corrected chi connectivity index (χ1v) is 11.7. The van der Waals surface area contributed by atoms with Gasteiger partial charge in [-0.3, -0.25) is 4.57 Å². The zero-order valence-corrected chi connectivity index (χ0v) is 20.4. The van der Waals surface area contributed by atoms with Crippen LogP contribution < -0.4 is 19.3 Å². The summed E-state index contributed by atoms with van der Waals surface area (Å²) < 4.78 is 68.5. The first kappa shape index (κ1) is 24.6. The topological polar surface area (TPSA) is 136 Å². The van der Waals surface area contributed by atoms with E-state index in [0.717, 1.165) is 5.69 Å². The number of rotatable bonds is 7. The van der Waals surface area contributed by atoms with Crippen molar-refractivity contribution in [2.45, 2.75) is 18.4 Å². The lowest BCUT2D eigenvalue weighted by molar-refractivity contribution is -0.0534. The maximum absolute atomic E-state index is 12.9. The third-order valence-electron chi connectivity index (χ3n) is 5.26. The molecule has 0 aliphatic carbocycles. The number of aryl methyl sites for hydroxylation is 1. The van der Waals surface area contributed by atoms with Crippen LogP contribution in [0.2, 0.25) is 5.02 Å². The third kappa shape index (κ3) is 4.24. The van der Waals surface area contributed by atoms with Gasteiger partial charge in [-0.25, -0.2) is 18.5 Å². The first-order chi connectivity index (χ1) is 16.5. The van der Waals surface area contributed by atoms with Gasteiger partial charge in [0.05, 0.1) is 36.8 Å². The molecule has 11 nitrogen and oxygen atoms in total. The standard InChI is InChI=1S/C20H19ClF2N6O5S/c1-9-14(25-8-28(9)2)13-11(21)6-5-10-12(35(24,30)31)7-29(15(10)13)20-26-17(32-3)16(34-19(22)23)18(27-20)33-4/h5-8,19H,1-4H3,(H2,24,30,31). The molecule has 0 fully saturated rings. The number of hydrogen-bond donors (Lipinski definition) is 1. The number of nitrogens with zero attached hydrogens (tertiary/aromatic N) is 5. The molecule has 0 radical (unpaired) electrons. The fourth-order valence-electron chi connectivity index (χ4n) is 3.59. The number of benzene rings is 1. The van der Waals surface area contributed by atoms with Gasteiger partial charge in [0, 0.05) is 29.9 Å². The lowest BCUT2D eigenvalue weighted by Gasteiger charge is -2.15. The summed E-state index contributed by atoms with van der Waals surface area (Å²) in [5.41, 5.74) is 1.85. The van der Waals surface area contributed by atoms with Gasteiger partial charge < -0.3 is 18.8 Å². The molecule has 186 valence electrons. The molecule has 4 aromatic rings. The largest absolute Gasteiger partial charge is 0.478 e. The number of primary sulfonamides is 1. The van der Waals surface area contributed by atoms with E-state index in [2.05, 4.69) is 19.7 Å². The first-order valence-electron chi connectivity index (χ1n) is 9.77. The Morgan fingerprint density at radius 3 is 2.26 bits per heavy atom. The molecule has 0 aliphatic rings. The second-order valence-corrected chi connectivity index (χ2v) is 9.20. The van der Waals surface area contributed by atoms with Crippen LogP contribution in [0, 0.1) is 6.92 Å². The second-order valence-electron chi connectivity index (χ2n) is 7.27. The van der Waals surface area contributed by atoms with E-state index in [1.54, 1.807) is 17.9 Å². The fourth-order valence-corrected chi connectivity index (χ4v) is 4.55. The number of alkyl halides is 2. The Labute approximate surface area is 203 Å². The Balaban J connectivity index is 2.14. The zero-order chi connectivity index (χ0) is 25.7. The molecule has 35 heavy (non-hydrogen) atoms. The molecule has 2 N–H and O–H groups in total. The molecule has 0 amide bonds. The van der Waals surface area contributed by atoms with Gasteiger partial charge >= 0.3 is 6.61 Å². The summed E-state index contributed by atoms with van der Waals surface area (Å²) in [6.45, 7) is -1.39. The molecule has 0 spiro atoms. The SMILES string of the molecule is COc1nc(-n2cc(S(N)(=O)=O)c3ccc(Cl)c(-c4ncn(C)c4C)c32)nc(OC)c1OC(F)F. The van der Waals surface area contributed by atoms with E-state index in [1.807, 2.05) is 6.92 Å². The zero-order valence-electron chi connectivity index (χ0n) is 18.8. The number of halogens is 3. The average Bonchev–Trinajstić information content (AvgIpc) is 3.34. The van der Waals surface area contributed by atoms with Gasteiger partial charge in [-0.1, -0.05) is 11.6 Å². The van der Waals surface area contributed by atoms with E-state index in [1.165, 1.54) is 37.1 Å². The van der Waals surface area contributed by atoms with E-state index in [9.17, 15) is 17.2 Å². The second kappa shape index (κ2) is 8.94. The lowest BCUT2D eigenvalue weighted by atomic mass is 10.1. The number of nitrogens with two attached hydrogens (primary N) is 1. The summed E-state index contributed by atoms with van der Waals surface area (Å²) in [7, 11) is -0.0583. The van der Waals surface area contributed by atoms with Crippen molar-refractivity contribution in [3.8, 4) is 34.7 Å². The van der Waals surface area contributed by atoms with Crippen LogP contribution >= 0.6 is 11.6 Å². The summed E-state index contributed by atoms with van der Waals surface area (Å²) in [6, 6.07) is 3.01. The molecular weight excluding hydrogens is 510 g/mol. The van der Waals surface area contributed by atoms with Crippen molar-refractivity contribution in [2.24, 2.45) is 12.2 Å². The summed E-state index contributed by atoms with van der Waals surface area (Å²) in [5.74, 6) is -1.46. The fraction of sp³-hybridized carbons (Fsp3) is 0.250. The van der Waals surface area contributed by atoms with Gasteiger partial charge in [-0.15, -0.1) is 0 Å². The van der Waals surface area contributed by atoms with Crippen molar-refractivity contribution < 1.29 is 31.4 Å². The van der Waals surface area contributed by atoms with Crippen LogP contribution in [-0.4, -0.2) is 53.3 Å². The molecule has 0 atom stereocenters. The lowest BCUT2D eigenvalue weighted by Crippen LogP contribution is -2.12. The maximum atomic E-state index is 12.9. The van der Waals surface area contributed by atoms with Crippen molar-refractivity contribution in [3.63, 3.8) is 0 Å². The van der Waals surface area contributed by atoms with E-state index in [0.29, 0.717) is 11.3 Å². The van der Waals surface area contributed by atoms with Crippen LogP contribution in [0.1, 0.15) is 5.69 Å². The van der Waals surface area contributed by atoms with Gasteiger partial charge in [-0.2, -0.15) is 18.7 Å². The third-order valence-corrected chi connectivity index (χ3v) is 6.51. The molecule has 0 aliphatic heterocycles. The van der Waals surface area contributed by atoms with E-state index < -0.39 is 22.4 Å². The van der Waals surface area contributed by atoms with Crippen molar-refractivity contribution in [1.29, 1.82) is 0 Å². The molecule has 0 unspecified atom stereocenters. The molecular formula is C20H19ClF2N6O5S. The van der Waals surface area contributed by atoms with Gasteiger partial charge in [0.15, 0.2) is 0 Å². The molecule has 0 saturated carbocycles.